The summed E-state index contributed by atoms with van der Waals surface area (Å²) in [5.41, 5.74) is 0.410. The number of rotatable bonds is 4. The van der Waals surface area contributed by atoms with Gasteiger partial charge in [-0.3, -0.25) is 4.79 Å². The molecule has 0 atom stereocenters. The Hall–Kier alpha value is -1.69. The molecule has 110 valence electrons. The van der Waals surface area contributed by atoms with Crippen molar-refractivity contribution in [2.75, 3.05) is 39.0 Å². The van der Waals surface area contributed by atoms with Crippen LogP contribution in [0.2, 0.25) is 0 Å². The average molecular weight is 277 g/mol. The van der Waals surface area contributed by atoms with Crippen LogP contribution in [-0.4, -0.2) is 65.4 Å². The number of carbonyl (C=O) groups is 1. The highest BCUT2D eigenvalue weighted by Gasteiger charge is 2.25. The number of likely N-dealkylation sites (tertiary alicyclic amines) is 1. The topological polar surface area (TPSA) is 61.4 Å². The van der Waals surface area contributed by atoms with E-state index in [1.54, 1.807) is 12.4 Å². The summed E-state index contributed by atoms with van der Waals surface area (Å²) in [6, 6.07) is 0.300. The number of piperidine rings is 1. The first-order valence-electron chi connectivity index (χ1n) is 7.13. The molecule has 0 radical (unpaired) electrons. The van der Waals surface area contributed by atoms with Gasteiger partial charge in [0, 0.05) is 19.6 Å². The van der Waals surface area contributed by atoms with Crippen LogP contribution in [-0.2, 0) is 0 Å². The third-order valence-electron chi connectivity index (χ3n) is 3.79. The van der Waals surface area contributed by atoms with Crippen molar-refractivity contribution in [1.29, 1.82) is 0 Å². The van der Waals surface area contributed by atoms with Crippen LogP contribution < -0.4 is 5.32 Å². The molecular formula is C14H23N5O. The maximum Gasteiger partial charge on any atom is 0.274 e. The number of amides is 1. The van der Waals surface area contributed by atoms with Crippen LogP contribution >= 0.6 is 0 Å². The summed E-state index contributed by atoms with van der Waals surface area (Å²) in [6.45, 7) is 4.85. The standard InChI is InChI=1S/C14H23N5O/c1-4-15-13-10-16-12(9-17-13)14(20)19(3)11-5-7-18(2)8-6-11/h9-11H,4-8H2,1-3H3,(H,15,17). The number of hydrogen-bond donors (Lipinski definition) is 1. The largest absolute Gasteiger partial charge is 0.369 e. The predicted octanol–water partition coefficient (Wildman–Crippen LogP) is 1.07. The minimum Gasteiger partial charge on any atom is -0.369 e. The Bertz CT molecular complexity index is 439. The Morgan fingerprint density at radius 1 is 1.40 bits per heavy atom. The highest BCUT2D eigenvalue weighted by atomic mass is 16.2. The average Bonchev–Trinajstić information content (AvgIpc) is 2.48. The summed E-state index contributed by atoms with van der Waals surface area (Å²) >= 11 is 0. The third kappa shape index (κ3) is 3.45. The summed E-state index contributed by atoms with van der Waals surface area (Å²) in [5, 5.41) is 3.07. The second-order valence-electron chi connectivity index (χ2n) is 5.27. The van der Waals surface area contributed by atoms with Crippen LogP contribution in [0.5, 0.6) is 0 Å². The Balaban J connectivity index is 1.99. The highest BCUT2D eigenvalue weighted by molar-refractivity contribution is 5.92. The molecular weight excluding hydrogens is 254 g/mol. The molecule has 0 unspecified atom stereocenters. The minimum absolute atomic E-state index is 0.0462. The number of nitrogens with zero attached hydrogens (tertiary/aromatic N) is 4. The molecule has 0 saturated carbocycles. The van der Waals surface area contributed by atoms with Crippen LogP contribution in [0, 0.1) is 0 Å². The molecule has 1 N–H and O–H groups in total. The second-order valence-corrected chi connectivity index (χ2v) is 5.27. The van der Waals surface area contributed by atoms with E-state index in [0.717, 1.165) is 32.5 Å². The number of anilines is 1. The number of carbonyl (C=O) groups excluding carboxylic acids is 1. The molecule has 0 spiro atoms. The van der Waals surface area contributed by atoms with E-state index < -0.39 is 0 Å². The van der Waals surface area contributed by atoms with Gasteiger partial charge in [-0.2, -0.15) is 0 Å². The lowest BCUT2D eigenvalue weighted by Crippen LogP contribution is -2.44. The van der Waals surface area contributed by atoms with Gasteiger partial charge in [0.25, 0.3) is 5.91 Å². The first-order valence-corrected chi connectivity index (χ1v) is 7.13. The number of nitrogens with one attached hydrogen (secondary N) is 1. The maximum atomic E-state index is 12.4. The monoisotopic (exact) mass is 277 g/mol. The molecule has 1 fully saturated rings. The van der Waals surface area contributed by atoms with Crippen LogP contribution in [0.3, 0.4) is 0 Å². The van der Waals surface area contributed by atoms with E-state index in [1.165, 1.54) is 0 Å². The Morgan fingerprint density at radius 3 is 2.65 bits per heavy atom. The molecule has 0 bridgehead atoms. The quantitative estimate of drug-likeness (QED) is 0.892. The predicted molar refractivity (Wildman–Crippen MR) is 78.8 cm³/mol. The summed E-state index contributed by atoms with van der Waals surface area (Å²) < 4.78 is 0. The summed E-state index contributed by atoms with van der Waals surface area (Å²) in [7, 11) is 3.97. The lowest BCUT2D eigenvalue weighted by molar-refractivity contribution is 0.0653. The van der Waals surface area contributed by atoms with Gasteiger partial charge in [-0.25, -0.2) is 9.97 Å². The first-order chi connectivity index (χ1) is 9.61. The highest BCUT2D eigenvalue weighted by Crippen LogP contribution is 2.16. The van der Waals surface area contributed by atoms with E-state index in [2.05, 4.69) is 27.2 Å². The van der Waals surface area contributed by atoms with Gasteiger partial charge in [0.1, 0.15) is 11.5 Å². The first kappa shape index (κ1) is 14.7. The van der Waals surface area contributed by atoms with Crippen molar-refractivity contribution < 1.29 is 4.79 Å². The molecule has 20 heavy (non-hydrogen) atoms. The van der Waals surface area contributed by atoms with E-state index in [0.29, 0.717) is 17.6 Å². The van der Waals surface area contributed by atoms with Crippen molar-refractivity contribution in [2.45, 2.75) is 25.8 Å². The van der Waals surface area contributed by atoms with Crippen molar-refractivity contribution in [1.82, 2.24) is 19.8 Å². The zero-order chi connectivity index (χ0) is 14.5. The molecule has 0 aliphatic carbocycles. The molecule has 1 aliphatic heterocycles. The summed E-state index contributed by atoms with van der Waals surface area (Å²) in [6.07, 6.45) is 5.19. The van der Waals surface area contributed by atoms with Crippen molar-refractivity contribution >= 4 is 11.7 Å². The van der Waals surface area contributed by atoms with E-state index >= 15 is 0 Å². The van der Waals surface area contributed by atoms with Gasteiger partial charge in [0.05, 0.1) is 12.4 Å². The molecule has 1 aromatic heterocycles. The van der Waals surface area contributed by atoms with Gasteiger partial charge in [-0.05, 0) is 39.9 Å². The summed E-state index contributed by atoms with van der Waals surface area (Å²) in [4.78, 5) is 24.9. The van der Waals surface area contributed by atoms with Crippen LogP contribution in [0.15, 0.2) is 12.4 Å². The molecule has 2 heterocycles. The van der Waals surface area contributed by atoms with Crippen LogP contribution in [0.4, 0.5) is 5.82 Å². The molecule has 1 aromatic rings. The minimum atomic E-state index is -0.0462. The van der Waals surface area contributed by atoms with Gasteiger partial charge >= 0.3 is 0 Å². The maximum absolute atomic E-state index is 12.4. The molecule has 1 saturated heterocycles. The normalized spacial score (nSPS) is 16.9. The lowest BCUT2D eigenvalue weighted by Gasteiger charge is -2.34. The summed E-state index contributed by atoms with van der Waals surface area (Å²) in [5.74, 6) is 0.654. The van der Waals surface area contributed by atoms with Crippen molar-refractivity contribution in [3.05, 3.63) is 18.1 Å². The molecule has 6 heteroatoms. The van der Waals surface area contributed by atoms with Gasteiger partial charge in [-0.1, -0.05) is 0 Å². The Labute approximate surface area is 120 Å². The van der Waals surface area contributed by atoms with Gasteiger partial charge in [-0.15, -0.1) is 0 Å². The van der Waals surface area contributed by atoms with Crippen molar-refractivity contribution in [3.8, 4) is 0 Å². The van der Waals surface area contributed by atoms with Gasteiger partial charge < -0.3 is 15.1 Å². The molecule has 0 aromatic carbocycles. The second kappa shape index (κ2) is 6.65. The fourth-order valence-corrected chi connectivity index (χ4v) is 2.44. The molecule has 1 amide bonds. The van der Waals surface area contributed by atoms with E-state index in [9.17, 15) is 4.79 Å². The zero-order valence-corrected chi connectivity index (χ0v) is 12.5. The molecule has 1 aliphatic rings. The Morgan fingerprint density at radius 2 is 2.10 bits per heavy atom. The van der Waals surface area contributed by atoms with Gasteiger partial charge in [0.15, 0.2) is 0 Å². The molecule has 2 rings (SSSR count). The smallest absolute Gasteiger partial charge is 0.274 e. The number of hydrogen-bond acceptors (Lipinski definition) is 5. The fraction of sp³-hybridized carbons (Fsp3) is 0.643. The number of aromatic nitrogens is 2. The van der Waals surface area contributed by atoms with Gasteiger partial charge in [0.2, 0.25) is 0 Å². The van der Waals surface area contributed by atoms with Crippen molar-refractivity contribution in [3.63, 3.8) is 0 Å². The lowest BCUT2D eigenvalue weighted by atomic mass is 10.0. The SMILES string of the molecule is CCNc1cnc(C(=O)N(C)C2CCN(C)CC2)cn1. The van der Waals surface area contributed by atoms with Crippen LogP contribution in [0.1, 0.15) is 30.3 Å². The van der Waals surface area contributed by atoms with Crippen LogP contribution in [0.25, 0.3) is 0 Å². The third-order valence-corrected chi connectivity index (χ3v) is 3.79. The van der Waals surface area contributed by atoms with E-state index in [-0.39, 0.29) is 5.91 Å². The van der Waals surface area contributed by atoms with E-state index in [1.807, 2.05) is 18.9 Å². The van der Waals surface area contributed by atoms with E-state index in [4.69, 9.17) is 0 Å². The zero-order valence-electron chi connectivity index (χ0n) is 12.5. The Kier molecular flexibility index (Phi) is 4.89. The molecule has 6 nitrogen and oxygen atoms in total. The fourth-order valence-electron chi connectivity index (χ4n) is 2.44. The van der Waals surface area contributed by atoms with Crippen molar-refractivity contribution in [2.24, 2.45) is 0 Å².